The Morgan fingerprint density at radius 3 is 2.55 bits per heavy atom. The van der Waals surface area contributed by atoms with Gasteiger partial charge < -0.3 is 14.6 Å². The Hall–Kier alpha value is -1.15. The van der Waals surface area contributed by atoms with Gasteiger partial charge in [0.15, 0.2) is 0 Å². The number of rotatable bonds is 4. The first kappa shape index (κ1) is 15.2. The largest absolute Gasteiger partial charge is 0.495 e. The minimum absolute atomic E-state index is 0.0257. The summed E-state index contributed by atoms with van der Waals surface area (Å²) in [4.78, 5) is 0.106. The highest BCUT2D eigenvalue weighted by Crippen LogP contribution is 2.30. The topological polar surface area (TPSA) is 76.1 Å². The molecular weight excluding hydrogens is 282 g/mol. The van der Waals surface area contributed by atoms with E-state index in [0.717, 1.165) is 5.56 Å². The number of benzene rings is 1. The maximum absolute atomic E-state index is 12.6. The standard InChI is InChI=1S/C13H19NO5S/c1-9-4-5-13(11(6-9)18-2)20(16,17)14-7-10(15)12(8-14)19-3/h4-6,10,12,15H,7-8H2,1-3H3/t10-,12-/m0/s1. The number of aryl methyl sites for hydroxylation is 1. The molecule has 1 N–H and O–H groups in total. The van der Waals surface area contributed by atoms with Crippen molar-refractivity contribution in [3.8, 4) is 5.75 Å². The summed E-state index contributed by atoms with van der Waals surface area (Å²) < 4.78 is 36.7. The predicted molar refractivity (Wildman–Crippen MR) is 73.3 cm³/mol. The van der Waals surface area contributed by atoms with Crippen molar-refractivity contribution < 1.29 is 23.0 Å². The quantitative estimate of drug-likeness (QED) is 0.870. The van der Waals surface area contributed by atoms with Crippen molar-refractivity contribution in [3.05, 3.63) is 23.8 Å². The fourth-order valence-electron chi connectivity index (χ4n) is 2.28. The Bertz CT molecular complexity index is 586. The lowest BCUT2D eigenvalue weighted by Gasteiger charge is -2.18. The molecule has 2 atom stereocenters. The highest BCUT2D eigenvalue weighted by atomic mass is 32.2. The number of ether oxygens (including phenoxy) is 2. The molecule has 6 nitrogen and oxygen atoms in total. The van der Waals surface area contributed by atoms with Crippen LogP contribution in [0.25, 0.3) is 0 Å². The first-order valence-corrected chi connectivity index (χ1v) is 7.69. The van der Waals surface area contributed by atoms with Crippen LogP contribution in [0.1, 0.15) is 5.56 Å². The number of aliphatic hydroxyl groups excluding tert-OH is 1. The van der Waals surface area contributed by atoms with Crippen molar-refractivity contribution >= 4 is 10.0 Å². The Labute approximate surface area is 119 Å². The van der Waals surface area contributed by atoms with Crippen molar-refractivity contribution in [1.29, 1.82) is 0 Å². The third kappa shape index (κ3) is 2.67. The van der Waals surface area contributed by atoms with E-state index in [1.54, 1.807) is 12.1 Å². The molecule has 0 spiro atoms. The Balaban J connectivity index is 2.37. The highest BCUT2D eigenvalue weighted by molar-refractivity contribution is 7.89. The molecule has 1 aromatic carbocycles. The van der Waals surface area contributed by atoms with Crippen molar-refractivity contribution in [1.82, 2.24) is 4.31 Å². The second kappa shape index (κ2) is 5.69. The van der Waals surface area contributed by atoms with Crippen LogP contribution in [0, 0.1) is 6.92 Å². The summed E-state index contributed by atoms with van der Waals surface area (Å²) in [5.41, 5.74) is 0.914. The van der Waals surface area contributed by atoms with Gasteiger partial charge in [-0.2, -0.15) is 4.31 Å². The van der Waals surface area contributed by atoms with Gasteiger partial charge in [-0.3, -0.25) is 0 Å². The van der Waals surface area contributed by atoms with Crippen LogP contribution < -0.4 is 4.74 Å². The number of methoxy groups -OCH3 is 2. The molecule has 0 bridgehead atoms. The van der Waals surface area contributed by atoms with E-state index in [0.29, 0.717) is 5.75 Å². The summed E-state index contributed by atoms with van der Waals surface area (Å²) in [5, 5.41) is 9.78. The van der Waals surface area contributed by atoms with E-state index in [2.05, 4.69) is 0 Å². The number of sulfonamides is 1. The number of aliphatic hydroxyl groups is 1. The van der Waals surface area contributed by atoms with Gasteiger partial charge in [-0.25, -0.2) is 8.42 Å². The van der Waals surface area contributed by atoms with Gasteiger partial charge in [0.05, 0.1) is 19.3 Å². The molecular formula is C13H19NO5S. The second-order valence-electron chi connectivity index (χ2n) is 4.82. The van der Waals surface area contributed by atoms with Crippen LogP contribution in [0.3, 0.4) is 0 Å². The zero-order chi connectivity index (χ0) is 14.9. The molecule has 0 saturated carbocycles. The molecule has 0 aromatic heterocycles. The van der Waals surface area contributed by atoms with Crippen molar-refractivity contribution in [2.24, 2.45) is 0 Å². The molecule has 7 heteroatoms. The molecule has 1 fully saturated rings. The number of β-amino-alcohol motifs (C(OH)–C–C–N with tert-alkyl or cyclic N) is 1. The number of nitrogens with zero attached hydrogens (tertiary/aromatic N) is 1. The average molecular weight is 301 g/mol. The summed E-state index contributed by atoms with van der Waals surface area (Å²) in [5.74, 6) is 0.306. The van der Waals surface area contributed by atoms with Crippen LogP contribution in [0.2, 0.25) is 0 Å². The molecule has 1 saturated heterocycles. The first-order chi connectivity index (χ1) is 9.40. The molecule has 1 aliphatic rings. The minimum Gasteiger partial charge on any atom is -0.495 e. The van der Waals surface area contributed by atoms with E-state index in [9.17, 15) is 13.5 Å². The van der Waals surface area contributed by atoms with Crippen molar-refractivity contribution in [2.45, 2.75) is 24.0 Å². The van der Waals surface area contributed by atoms with Gasteiger partial charge in [0, 0.05) is 20.2 Å². The highest BCUT2D eigenvalue weighted by Gasteiger charge is 2.39. The fourth-order valence-corrected chi connectivity index (χ4v) is 3.88. The van der Waals surface area contributed by atoms with Crippen molar-refractivity contribution in [3.63, 3.8) is 0 Å². The van der Waals surface area contributed by atoms with E-state index in [1.165, 1.54) is 24.6 Å². The molecule has 0 amide bonds. The average Bonchev–Trinajstić information content (AvgIpc) is 2.80. The van der Waals surface area contributed by atoms with Gasteiger partial charge in [-0.05, 0) is 24.6 Å². The lowest BCUT2D eigenvalue weighted by atomic mass is 10.2. The second-order valence-corrected chi connectivity index (χ2v) is 6.72. The van der Waals surface area contributed by atoms with Gasteiger partial charge in [-0.15, -0.1) is 0 Å². The lowest BCUT2D eigenvalue weighted by Crippen LogP contribution is -2.30. The van der Waals surface area contributed by atoms with Crippen LogP contribution in [-0.2, 0) is 14.8 Å². The molecule has 0 unspecified atom stereocenters. The molecule has 2 rings (SSSR count). The summed E-state index contributed by atoms with van der Waals surface area (Å²) in [6.07, 6.45) is -1.31. The van der Waals surface area contributed by atoms with Gasteiger partial charge in [0.25, 0.3) is 0 Å². The molecule has 1 heterocycles. The summed E-state index contributed by atoms with van der Waals surface area (Å²) in [7, 11) is -0.816. The third-order valence-corrected chi connectivity index (χ3v) is 5.31. The van der Waals surface area contributed by atoms with Gasteiger partial charge >= 0.3 is 0 Å². The lowest BCUT2D eigenvalue weighted by molar-refractivity contribution is 0.0216. The molecule has 0 aliphatic carbocycles. The summed E-state index contributed by atoms with van der Waals surface area (Å²) in [6, 6.07) is 4.92. The summed E-state index contributed by atoms with van der Waals surface area (Å²) >= 11 is 0. The Kier molecular flexibility index (Phi) is 4.33. The maximum atomic E-state index is 12.6. The van der Waals surface area contributed by atoms with Crippen molar-refractivity contribution in [2.75, 3.05) is 27.3 Å². The number of hydrogen-bond acceptors (Lipinski definition) is 5. The zero-order valence-corrected chi connectivity index (χ0v) is 12.6. The molecule has 112 valence electrons. The molecule has 1 aliphatic heterocycles. The zero-order valence-electron chi connectivity index (χ0n) is 11.7. The fraction of sp³-hybridized carbons (Fsp3) is 0.538. The van der Waals surface area contributed by atoms with E-state index in [4.69, 9.17) is 9.47 Å². The van der Waals surface area contributed by atoms with Crippen LogP contribution in [-0.4, -0.2) is 57.3 Å². The van der Waals surface area contributed by atoms with E-state index >= 15 is 0 Å². The van der Waals surface area contributed by atoms with Gasteiger partial charge in [0.2, 0.25) is 10.0 Å². The van der Waals surface area contributed by atoms with Crippen LogP contribution >= 0.6 is 0 Å². The molecule has 20 heavy (non-hydrogen) atoms. The van der Waals surface area contributed by atoms with Gasteiger partial charge in [-0.1, -0.05) is 6.07 Å². The smallest absolute Gasteiger partial charge is 0.246 e. The molecule has 1 aromatic rings. The first-order valence-electron chi connectivity index (χ1n) is 6.25. The van der Waals surface area contributed by atoms with E-state index in [-0.39, 0.29) is 18.0 Å². The predicted octanol–water partition coefficient (Wildman–Crippen LogP) is 0.384. The number of hydrogen-bond donors (Lipinski definition) is 1. The van der Waals surface area contributed by atoms with Crippen LogP contribution in [0.15, 0.2) is 23.1 Å². The minimum atomic E-state index is -3.71. The molecule has 0 radical (unpaired) electrons. The van der Waals surface area contributed by atoms with Crippen LogP contribution in [0.4, 0.5) is 0 Å². The van der Waals surface area contributed by atoms with E-state index < -0.39 is 22.2 Å². The van der Waals surface area contributed by atoms with Crippen LogP contribution in [0.5, 0.6) is 5.75 Å². The SMILES string of the molecule is COc1cc(C)ccc1S(=O)(=O)N1C[C@H](OC)[C@@H](O)C1. The Morgan fingerprint density at radius 1 is 1.30 bits per heavy atom. The maximum Gasteiger partial charge on any atom is 0.246 e. The van der Waals surface area contributed by atoms with E-state index in [1.807, 2.05) is 6.92 Å². The Morgan fingerprint density at radius 2 is 2.00 bits per heavy atom. The monoisotopic (exact) mass is 301 g/mol. The third-order valence-electron chi connectivity index (χ3n) is 3.44. The summed E-state index contributed by atoms with van der Waals surface area (Å²) in [6.45, 7) is 2.02. The normalized spacial score (nSPS) is 24.0. The van der Waals surface area contributed by atoms with Gasteiger partial charge in [0.1, 0.15) is 10.6 Å².